The van der Waals surface area contributed by atoms with Crippen LogP contribution in [-0.2, 0) is 11.2 Å². The van der Waals surface area contributed by atoms with Gasteiger partial charge in [-0.05, 0) is 54.4 Å². The van der Waals surface area contributed by atoms with Crippen LogP contribution in [0.15, 0.2) is 71.8 Å². The maximum Gasteiger partial charge on any atom is 0.337 e. The zero-order valence-electron chi connectivity index (χ0n) is 18.2. The molecule has 0 atom stereocenters. The molecule has 0 spiro atoms. The summed E-state index contributed by atoms with van der Waals surface area (Å²) in [5.74, 6) is -1.27. The van der Waals surface area contributed by atoms with Crippen molar-refractivity contribution in [3.05, 3.63) is 99.8 Å². The molecule has 0 fully saturated rings. The van der Waals surface area contributed by atoms with Crippen molar-refractivity contribution in [3.8, 4) is 5.69 Å². The average molecular weight is 460 g/mol. The van der Waals surface area contributed by atoms with Crippen molar-refractivity contribution in [2.75, 3.05) is 0 Å². The average Bonchev–Trinajstić information content (AvgIpc) is 3.06. The molecule has 0 bridgehead atoms. The molecule has 3 aromatic carbocycles. The van der Waals surface area contributed by atoms with Gasteiger partial charge < -0.3 is 9.67 Å². The lowest BCUT2D eigenvalue weighted by Gasteiger charge is -2.11. The Labute approximate surface area is 196 Å². The molecule has 166 valence electrons. The van der Waals surface area contributed by atoms with E-state index < -0.39 is 5.97 Å². The van der Waals surface area contributed by atoms with Crippen molar-refractivity contribution in [1.82, 2.24) is 9.99 Å². The number of rotatable bonds is 6. The number of amides is 1. The Morgan fingerprint density at radius 1 is 1.06 bits per heavy atom. The Hall–Kier alpha value is -3.90. The van der Waals surface area contributed by atoms with E-state index in [4.69, 9.17) is 11.6 Å². The monoisotopic (exact) mass is 459 g/mol. The van der Waals surface area contributed by atoms with Gasteiger partial charge in [0.2, 0.25) is 5.91 Å². The summed E-state index contributed by atoms with van der Waals surface area (Å²) in [6, 6.07) is 20.6. The minimum absolute atomic E-state index is 0.0542. The highest BCUT2D eigenvalue weighted by molar-refractivity contribution is 6.33. The van der Waals surface area contributed by atoms with Gasteiger partial charge in [-0.15, -0.1) is 0 Å². The molecule has 2 N–H and O–H groups in total. The van der Waals surface area contributed by atoms with Crippen LogP contribution in [0.5, 0.6) is 0 Å². The third-order valence-electron chi connectivity index (χ3n) is 5.54. The van der Waals surface area contributed by atoms with Crippen molar-refractivity contribution >= 4 is 40.5 Å². The molecule has 0 radical (unpaired) electrons. The number of fused-ring (bicyclic) bond motifs is 1. The van der Waals surface area contributed by atoms with Crippen molar-refractivity contribution in [2.45, 2.75) is 20.3 Å². The lowest BCUT2D eigenvalue weighted by atomic mass is 10.0. The number of carboxylic acids is 1. The molecule has 1 aromatic heterocycles. The number of benzene rings is 3. The molecule has 33 heavy (non-hydrogen) atoms. The molecular formula is C26H22ClN3O3. The number of nitrogens with one attached hydrogen (secondary N) is 1. The van der Waals surface area contributed by atoms with E-state index in [1.165, 1.54) is 6.07 Å². The Morgan fingerprint density at radius 2 is 1.82 bits per heavy atom. The third-order valence-corrected chi connectivity index (χ3v) is 5.85. The van der Waals surface area contributed by atoms with E-state index in [1.807, 2.05) is 66.9 Å². The molecule has 6 nitrogen and oxygen atoms in total. The number of aromatic nitrogens is 1. The number of aryl methyl sites for hydroxylation is 1. The standard InChI is InChI=1S/C26H22ClN3O3/c1-16-12-20(17(2)30(16)21-10-11-23(26(32)33)24(27)14-21)15-28-29-25(31)13-19-8-5-7-18-6-3-4-9-22(18)19/h3-12,14-15H,13H2,1-2H3,(H,29,31)(H,32,33)/b28-15-. The zero-order chi connectivity index (χ0) is 23.5. The number of carboxylic acid groups (broad SMARTS) is 1. The van der Waals surface area contributed by atoms with E-state index in [2.05, 4.69) is 10.5 Å². The number of halogens is 1. The molecule has 1 amide bonds. The molecule has 0 aliphatic carbocycles. The highest BCUT2D eigenvalue weighted by Gasteiger charge is 2.14. The quantitative estimate of drug-likeness (QED) is 0.303. The first-order valence-electron chi connectivity index (χ1n) is 10.4. The van der Waals surface area contributed by atoms with Crippen LogP contribution in [0.25, 0.3) is 16.5 Å². The molecule has 0 unspecified atom stereocenters. The molecule has 7 heteroatoms. The van der Waals surface area contributed by atoms with Gasteiger partial charge in [0.25, 0.3) is 0 Å². The first-order valence-corrected chi connectivity index (χ1v) is 10.7. The smallest absolute Gasteiger partial charge is 0.337 e. The molecule has 0 aliphatic rings. The van der Waals surface area contributed by atoms with Crippen LogP contribution in [0.2, 0.25) is 5.02 Å². The molecule has 0 saturated carbocycles. The van der Waals surface area contributed by atoms with Crippen LogP contribution in [0, 0.1) is 13.8 Å². The Balaban J connectivity index is 1.49. The zero-order valence-corrected chi connectivity index (χ0v) is 18.9. The van der Waals surface area contributed by atoms with Gasteiger partial charge in [0.1, 0.15) is 0 Å². The van der Waals surface area contributed by atoms with Gasteiger partial charge in [-0.2, -0.15) is 5.10 Å². The van der Waals surface area contributed by atoms with Gasteiger partial charge in [-0.1, -0.05) is 54.1 Å². The second kappa shape index (κ2) is 9.30. The topological polar surface area (TPSA) is 83.7 Å². The van der Waals surface area contributed by atoms with Crippen LogP contribution in [0.4, 0.5) is 0 Å². The second-order valence-electron chi connectivity index (χ2n) is 7.74. The van der Waals surface area contributed by atoms with Crippen LogP contribution < -0.4 is 5.43 Å². The first-order chi connectivity index (χ1) is 15.8. The third kappa shape index (κ3) is 4.66. The molecule has 1 heterocycles. The molecule has 4 aromatic rings. The highest BCUT2D eigenvalue weighted by Crippen LogP contribution is 2.25. The number of hydrogen-bond donors (Lipinski definition) is 2. The highest BCUT2D eigenvalue weighted by atomic mass is 35.5. The summed E-state index contributed by atoms with van der Waals surface area (Å²) in [7, 11) is 0. The van der Waals surface area contributed by atoms with E-state index in [0.717, 1.165) is 39.0 Å². The van der Waals surface area contributed by atoms with E-state index in [1.54, 1.807) is 18.3 Å². The van der Waals surface area contributed by atoms with E-state index >= 15 is 0 Å². The summed E-state index contributed by atoms with van der Waals surface area (Å²) in [5.41, 5.74) is 7.00. The molecule has 4 rings (SSSR count). The van der Waals surface area contributed by atoms with E-state index in [0.29, 0.717) is 0 Å². The fraction of sp³-hybridized carbons (Fsp3) is 0.115. The fourth-order valence-electron chi connectivity index (χ4n) is 3.97. The van der Waals surface area contributed by atoms with Crippen LogP contribution >= 0.6 is 11.6 Å². The lowest BCUT2D eigenvalue weighted by Crippen LogP contribution is -2.19. The maximum atomic E-state index is 12.5. The predicted molar refractivity (Wildman–Crippen MR) is 131 cm³/mol. The summed E-state index contributed by atoms with van der Waals surface area (Å²) in [5, 5.41) is 15.6. The predicted octanol–water partition coefficient (Wildman–Crippen LogP) is 5.29. The summed E-state index contributed by atoms with van der Waals surface area (Å²) >= 11 is 6.14. The SMILES string of the molecule is Cc1cc(/C=N\NC(=O)Cc2cccc3ccccc23)c(C)n1-c1ccc(C(=O)O)c(Cl)c1. The van der Waals surface area contributed by atoms with Gasteiger partial charge in [0.05, 0.1) is 23.2 Å². The first kappa shape index (κ1) is 22.3. The summed E-state index contributed by atoms with van der Waals surface area (Å²) in [4.78, 5) is 23.7. The Kier molecular flexibility index (Phi) is 6.29. The van der Waals surface area contributed by atoms with Gasteiger partial charge in [-0.3, -0.25) is 4.79 Å². The largest absolute Gasteiger partial charge is 0.478 e. The van der Waals surface area contributed by atoms with E-state index in [9.17, 15) is 14.7 Å². The maximum absolute atomic E-state index is 12.5. The lowest BCUT2D eigenvalue weighted by molar-refractivity contribution is -0.120. The summed E-state index contributed by atoms with van der Waals surface area (Å²) in [6.45, 7) is 3.85. The minimum atomic E-state index is -1.07. The van der Waals surface area contributed by atoms with Gasteiger partial charge in [-0.25, -0.2) is 10.2 Å². The van der Waals surface area contributed by atoms with Crippen molar-refractivity contribution in [2.24, 2.45) is 5.10 Å². The Morgan fingerprint density at radius 3 is 2.58 bits per heavy atom. The summed E-state index contributed by atoms with van der Waals surface area (Å²) in [6.07, 6.45) is 1.83. The van der Waals surface area contributed by atoms with Crippen LogP contribution in [-0.4, -0.2) is 27.8 Å². The molecule has 0 saturated heterocycles. The van der Waals surface area contributed by atoms with Gasteiger partial charge >= 0.3 is 5.97 Å². The fourth-order valence-corrected chi connectivity index (χ4v) is 4.22. The molecular weight excluding hydrogens is 438 g/mol. The number of aromatic carboxylic acids is 1. The minimum Gasteiger partial charge on any atom is -0.478 e. The number of hydrogen-bond acceptors (Lipinski definition) is 3. The van der Waals surface area contributed by atoms with Crippen LogP contribution in [0.1, 0.15) is 32.9 Å². The van der Waals surface area contributed by atoms with Crippen molar-refractivity contribution < 1.29 is 14.7 Å². The number of carbonyl (C=O) groups is 2. The second-order valence-corrected chi connectivity index (χ2v) is 8.15. The van der Waals surface area contributed by atoms with E-state index in [-0.39, 0.29) is 22.9 Å². The van der Waals surface area contributed by atoms with Crippen molar-refractivity contribution in [3.63, 3.8) is 0 Å². The summed E-state index contributed by atoms with van der Waals surface area (Å²) < 4.78 is 1.96. The number of nitrogens with zero attached hydrogens (tertiary/aromatic N) is 2. The van der Waals surface area contributed by atoms with Gasteiger partial charge in [0, 0.05) is 22.6 Å². The number of hydrazone groups is 1. The molecule has 0 aliphatic heterocycles. The van der Waals surface area contributed by atoms with Crippen molar-refractivity contribution in [1.29, 1.82) is 0 Å². The normalized spacial score (nSPS) is 11.2. The number of carbonyl (C=O) groups excluding carboxylic acids is 1. The van der Waals surface area contributed by atoms with Gasteiger partial charge in [0.15, 0.2) is 0 Å². The Bertz CT molecular complexity index is 1400. The van der Waals surface area contributed by atoms with Crippen LogP contribution in [0.3, 0.4) is 0 Å².